The Morgan fingerprint density at radius 2 is 1.70 bits per heavy atom. The minimum atomic E-state index is -3.26. The molecule has 0 fully saturated rings. The van der Waals surface area contributed by atoms with Crippen LogP contribution in [0.4, 0.5) is 17.1 Å². The average Bonchev–Trinajstić information content (AvgIpc) is 2.50. The Kier molecular flexibility index (Phi) is 6.07. The van der Waals surface area contributed by atoms with E-state index in [2.05, 4.69) is 26.0 Å². The molecule has 124 valence electrons. The van der Waals surface area contributed by atoms with E-state index in [9.17, 15) is 8.42 Å². The summed E-state index contributed by atoms with van der Waals surface area (Å²) in [6.45, 7) is 4.00. The summed E-state index contributed by atoms with van der Waals surface area (Å²) in [4.78, 5) is 0. The zero-order chi connectivity index (χ0) is 16.9. The Hall–Kier alpha value is -1.53. The molecule has 2 N–H and O–H groups in total. The third-order valence-corrected chi connectivity index (χ3v) is 5.26. The number of anilines is 3. The van der Waals surface area contributed by atoms with Crippen LogP contribution in [-0.2, 0) is 10.0 Å². The van der Waals surface area contributed by atoms with E-state index in [4.69, 9.17) is 0 Å². The van der Waals surface area contributed by atoms with Gasteiger partial charge in [-0.2, -0.15) is 0 Å². The first kappa shape index (κ1) is 17.8. The van der Waals surface area contributed by atoms with Crippen molar-refractivity contribution in [2.24, 2.45) is 0 Å². The number of benzene rings is 2. The van der Waals surface area contributed by atoms with Crippen molar-refractivity contribution in [3.05, 3.63) is 52.5 Å². The fourth-order valence-corrected chi connectivity index (χ4v) is 3.85. The van der Waals surface area contributed by atoms with Crippen molar-refractivity contribution in [3.63, 3.8) is 0 Å². The van der Waals surface area contributed by atoms with Gasteiger partial charge in [-0.05, 0) is 61.4 Å². The van der Waals surface area contributed by atoms with E-state index in [0.29, 0.717) is 12.1 Å². The van der Waals surface area contributed by atoms with Gasteiger partial charge in [-0.1, -0.05) is 29.3 Å². The van der Waals surface area contributed by atoms with Gasteiger partial charge in [0.05, 0.1) is 5.75 Å². The molecule has 4 nitrogen and oxygen atoms in total. The van der Waals surface area contributed by atoms with E-state index in [0.717, 1.165) is 27.8 Å². The van der Waals surface area contributed by atoms with Crippen molar-refractivity contribution in [3.8, 4) is 0 Å². The number of unbranched alkanes of at least 4 members (excludes halogenated alkanes) is 1. The fourth-order valence-electron chi connectivity index (χ4n) is 2.11. The number of hydrogen-bond donors (Lipinski definition) is 2. The third kappa shape index (κ3) is 5.55. The van der Waals surface area contributed by atoms with Crippen LogP contribution in [0.1, 0.15) is 25.3 Å². The Bertz CT molecular complexity index is 759. The van der Waals surface area contributed by atoms with Crippen molar-refractivity contribution in [2.75, 3.05) is 15.8 Å². The van der Waals surface area contributed by atoms with E-state index in [1.54, 1.807) is 12.1 Å². The molecular formula is C17H21BrN2O2S. The predicted octanol–water partition coefficient (Wildman–Crippen LogP) is 5.04. The zero-order valence-electron chi connectivity index (χ0n) is 13.3. The summed E-state index contributed by atoms with van der Waals surface area (Å²) in [6, 6.07) is 13.3. The van der Waals surface area contributed by atoms with Crippen LogP contribution in [0.5, 0.6) is 0 Å². The van der Waals surface area contributed by atoms with Gasteiger partial charge in [-0.25, -0.2) is 8.42 Å². The van der Waals surface area contributed by atoms with Crippen molar-refractivity contribution >= 4 is 43.0 Å². The van der Waals surface area contributed by atoms with Crippen LogP contribution in [0.25, 0.3) is 0 Å². The second-order valence-electron chi connectivity index (χ2n) is 5.44. The monoisotopic (exact) mass is 396 g/mol. The molecule has 0 unspecified atom stereocenters. The van der Waals surface area contributed by atoms with Crippen molar-refractivity contribution in [1.82, 2.24) is 0 Å². The van der Waals surface area contributed by atoms with Crippen LogP contribution in [0.3, 0.4) is 0 Å². The summed E-state index contributed by atoms with van der Waals surface area (Å²) < 4.78 is 27.4. The molecule has 0 aromatic heterocycles. The molecule has 0 aliphatic carbocycles. The molecule has 0 saturated carbocycles. The summed E-state index contributed by atoms with van der Waals surface area (Å²) in [6.07, 6.45) is 1.52. The van der Waals surface area contributed by atoms with Gasteiger partial charge in [-0.15, -0.1) is 0 Å². The van der Waals surface area contributed by atoms with Crippen LogP contribution in [0.2, 0.25) is 0 Å². The number of halogens is 1. The molecular weight excluding hydrogens is 376 g/mol. The molecule has 2 rings (SSSR count). The van der Waals surface area contributed by atoms with Crippen LogP contribution < -0.4 is 10.0 Å². The highest BCUT2D eigenvalue weighted by Gasteiger charge is 2.09. The normalized spacial score (nSPS) is 11.3. The lowest BCUT2D eigenvalue weighted by Crippen LogP contribution is -2.16. The predicted molar refractivity (Wildman–Crippen MR) is 101 cm³/mol. The maximum atomic E-state index is 11.9. The largest absolute Gasteiger partial charge is 0.355 e. The minimum Gasteiger partial charge on any atom is -0.355 e. The number of rotatable bonds is 7. The lowest BCUT2D eigenvalue weighted by atomic mass is 10.2. The highest BCUT2D eigenvalue weighted by molar-refractivity contribution is 9.10. The van der Waals surface area contributed by atoms with Crippen molar-refractivity contribution < 1.29 is 8.42 Å². The Labute approximate surface area is 146 Å². The maximum Gasteiger partial charge on any atom is 0.232 e. The van der Waals surface area contributed by atoms with Crippen LogP contribution >= 0.6 is 15.9 Å². The molecule has 0 bridgehead atoms. The SMILES string of the molecule is CCCCS(=O)(=O)Nc1ccc(Nc2ccc(Br)cc2C)cc1. The van der Waals surface area contributed by atoms with E-state index in [1.807, 2.05) is 44.2 Å². The number of hydrogen-bond acceptors (Lipinski definition) is 3. The second-order valence-corrected chi connectivity index (χ2v) is 8.19. The van der Waals surface area contributed by atoms with Gasteiger partial charge in [-0.3, -0.25) is 4.72 Å². The zero-order valence-corrected chi connectivity index (χ0v) is 15.7. The minimum absolute atomic E-state index is 0.154. The van der Waals surface area contributed by atoms with Crippen LogP contribution in [0, 0.1) is 6.92 Å². The molecule has 2 aromatic carbocycles. The lowest BCUT2D eigenvalue weighted by molar-refractivity contribution is 0.598. The first-order valence-electron chi connectivity index (χ1n) is 7.53. The molecule has 0 aliphatic rings. The van der Waals surface area contributed by atoms with Gasteiger partial charge >= 0.3 is 0 Å². The second kappa shape index (κ2) is 7.84. The smallest absolute Gasteiger partial charge is 0.232 e. The molecule has 0 heterocycles. The first-order chi connectivity index (χ1) is 10.9. The van der Waals surface area contributed by atoms with E-state index in [-0.39, 0.29) is 5.75 Å². The quantitative estimate of drug-likeness (QED) is 0.688. The third-order valence-electron chi connectivity index (χ3n) is 3.39. The summed E-state index contributed by atoms with van der Waals surface area (Å²) in [5.41, 5.74) is 3.64. The van der Waals surface area contributed by atoms with Gasteiger partial charge in [0.25, 0.3) is 0 Å². The number of nitrogens with one attached hydrogen (secondary N) is 2. The Morgan fingerprint density at radius 1 is 1.04 bits per heavy atom. The topological polar surface area (TPSA) is 58.2 Å². The van der Waals surface area contributed by atoms with Crippen LogP contribution in [0.15, 0.2) is 46.9 Å². The van der Waals surface area contributed by atoms with Crippen LogP contribution in [-0.4, -0.2) is 14.2 Å². The summed E-state index contributed by atoms with van der Waals surface area (Å²) in [7, 11) is -3.26. The molecule has 0 radical (unpaired) electrons. The molecule has 23 heavy (non-hydrogen) atoms. The number of sulfonamides is 1. The van der Waals surface area contributed by atoms with Gasteiger partial charge < -0.3 is 5.32 Å². The first-order valence-corrected chi connectivity index (χ1v) is 9.98. The van der Waals surface area contributed by atoms with E-state index < -0.39 is 10.0 Å². The van der Waals surface area contributed by atoms with E-state index >= 15 is 0 Å². The highest BCUT2D eigenvalue weighted by atomic mass is 79.9. The molecule has 0 spiro atoms. The standard InChI is InChI=1S/C17H21BrN2O2S/c1-3-4-11-23(21,22)20-16-8-6-15(7-9-16)19-17-10-5-14(18)12-13(17)2/h5-10,12,19-20H,3-4,11H2,1-2H3. The Morgan fingerprint density at radius 3 is 2.30 bits per heavy atom. The van der Waals surface area contributed by atoms with Gasteiger partial charge in [0.2, 0.25) is 10.0 Å². The molecule has 0 amide bonds. The molecule has 0 aliphatic heterocycles. The number of aryl methyl sites for hydroxylation is 1. The molecule has 0 atom stereocenters. The highest BCUT2D eigenvalue weighted by Crippen LogP contribution is 2.24. The summed E-state index contributed by atoms with van der Waals surface area (Å²) in [5.74, 6) is 0.154. The van der Waals surface area contributed by atoms with Crippen molar-refractivity contribution in [1.29, 1.82) is 0 Å². The average molecular weight is 397 g/mol. The molecule has 0 saturated heterocycles. The van der Waals surface area contributed by atoms with Gasteiger partial charge in [0.1, 0.15) is 0 Å². The molecule has 2 aromatic rings. The summed E-state index contributed by atoms with van der Waals surface area (Å²) in [5, 5.41) is 3.33. The summed E-state index contributed by atoms with van der Waals surface area (Å²) >= 11 is 3.44. The molecule has 6 heteroatoms. The van der Waals surface area contributed by atoms with Crippen molar-refractivity contribution in [2.45, 2.75) is 26.7 Å². The Balaban J connectivity index is 2.05. The van der Waals surface area contributed by atoms with Gasteiger partial charge in [0.15, 0.2) is 0 Å². The lowest BCUT2D eigenvalue weighted by Gasteiger charge is -2.11. The maximum absolute atomic E-state index is 11.9. The van der Waals surface area contributed by atoms with E-state index in [1.165, 1.54) is 0 Å². The van der Waals surface area contributed by atoms with Gasteiger partial charge in [0, 0.05) is 21.5 Å². The fraction of sp³-hybridized carbons (Fsp3) is 0.294.